The second-order valence-corrected chi connectivity index (χ2v) is 6.72. The molecule has 28 heavy (non-hydrogen) atoms. The molecule has 7 nitrogen and oxygen atoms in total. The van der Waals surface area contributed by atoms with Crippen LogP contribution in [0.1, 0.15) is 18.4 Å². The van der Waals surface area contributed by atoms with Crippen LogP contribution in [-0.2, 0) is 16.1 Å². The van der Waals surface area contributed by atoms with Crippen LogP contribution in [0.5, 0.6) is 0 Å². The minimum atomic E-state index is -1.37. The molecule has 0 bridgehead atoms. The molecule has 0 spiro atoms. The van der Waals surface area contributed by atoms with Gasteiger partial charge in [0.05, 0.1) is 11.4 Å². The molecule has 1 aliphatic rings. The van der Waals surface area contributed by atoms with Crippen LogP contribution in [0.25, 0.3) is 0 Å². The number of benzene rings is 2. The molecular weight excluding hydrogens is 365 g/mol. The normalized spacial score (nSPS) is 18.7. The number of carbonyl (C=O) groups excluding carboxylic acids is 1. The minimum Gasteiger partial charge on any atom is -0.465 e. The maximum atomic E-state index is 13.3. The lowest BCUT2D eigenvalue weighted by Crippen LogP contribution is -2.57. The summed E-state index contributed by atoms with van der Waals surface area (Å²) < 4.78 is 18.7. The first-order valence-electron chi connectivity index (χ1n) is 8.93. The van der Waals surface area contributed by atoms with Crippen LogP contribution in [0.2, 0.25) is 0 Å². The summed E-state index contributed by atoms with van der Waals surface area (Å²) in [6.07, 6.45) is -0.336. The van der Waals surface area contributed by atoms with E-state index in [2.05, 4.69) is 5.32 Å². The fraction of sp³-hybridized carbons (Fsp3) is 0.300. The Morgan fingerprint density at radius 3 is 2.68 bits per heavy atom. The van der Waals surface area contributed by atoms with E-state index in [0.717, 1.165) is 16.5 Å². The van der Waals surface area contributed by atoms with Gasteiger partial charge in [-0.05, 0) is 36.6 Å². The monoisotopic (exact) mass is 387 g/mol. The average molecular weight is 387 g/mol. The molecule has 0 saturated carbocycles. The van der Waals surface area contributed by atoms with Gasteiger partial charge in [-0.1, -0.05) is 30.3 Å². The van der Waals surface area contributed by atoms with Crippen LogP contribution in [0, 0.1) is 5.82 Å². The molecule has 1 fully saturated rings. The SMILES string of the molecule is Nc1cc(F)ccc1NC[C@]1(C(=O)OCc2ccccc2)CCCN1C(=O)O. The van der Waals surface area contributed by atoms with E-state index in [1.54, 1.807) is 0 Å². The molecule has 8 heteroatoms. The number of anilines is 2. The van der Waals surface area contributed by atoms with E-state index in [4.69, 9.17) is 10.5 Å². The van der Waals surface area contributed by atoms with E-state index in [-0.39, 0.29) is 25.4 Å². The number of carbonyl (C=O) groups is 2. The van der Waals surface area contributed by atoms with Crippen molar-refractivity contribution in [1.29, 1.82) is 0 Å². The van der Waals surface area contributed by atoms with Crippen molar-refractivity contribution in [2.24, 2.45) is 0 Å². The zero-order chi connectivity index (χ0) is 20.1. The summed E-state index contributed by atoms with van der Waals surface area (Å²) in [7, 11) is 0. The summed E-state index contributed by atoms with van der Waals surface area (Å²) in [4.78, 5) is 25.8. The minimum absolute atomic E-state index is 0.0250. The van der Waals surface area contributed by atoms with E-state index in [1.165, 1.54) is 12.1 Å². The van der Waals surface area contributed by atoms with Crippen LogP contribution in [0.3, 0.4) is 0 Å². The summed E-state index contributed by atoms with van der Waals surface area (Å²) in [5, 5.41) is 12.6. The van der Waals surface area contributed by atoms with Gasteiger partial charge in [0.2, 0.25) is 0 Å². The first kappa shape index (κ1) is 19.5. The van der Waals surface area contributed by atoms with Gasteiger partial charge in [-0.3, -0.25) is 4.90 Å². The number of halogens is 1. The molecule has 148 valence electrons. The van der Waals surface area contributed by atoms with Crippen molar-refractivity contribution in [2.75, 3.05) is 24.1 Å². The van der Waals surface area contributed by atoms with E-state index in [9.17, 15) is 19.1 Å². The third-order valence-corrected chi connectivity index (χ3v) is 4.90. The van der Waals surface area contributed by atoms with Crippen LogP contribution in [0.4, 0.5) is 20.6 Å². The number of ether oxygens (including phenoxy) is 1. The van der Waals surface area contributed by atoms with Gasteiger partial charge < -0.3 is 20.9 Å². The van der Waals surface area contributed by atoms with Gasteiger partial charge in [0.1, 0.15) is 12.4 Å². The number of likely N-dealkylation sites (tertiary alicyclic amines) is 1. The number of rotatable bonds is 6. The summed E-state index contributed by atoms with van der Waals surface area (Å²) in [6, 6.07) is 13.0. The highest BCUT2D eigenvalue weighted by molar-refractivity contribution is 5.87. The van der Waals surface area contributed by atoms with Gasteiger partial charge in [0, 0.05) is 13.1 Å². The predicted octanol–water partition coefficient (Wildman–Crippen LogP) is 3.08. The summed E-state index contributed by atoms with van der Waals surface area (Å²) >= 11 is 0. The van der Waals surface area contributed by atoms with Crippen molar-refractivity contribution >= 4 is 23.4 Å². The lowest BCUT2D eigenvalue weighted by atomic mass is 9.95. The number of nitrogen functional groups attached to an aromatic ring is 1. The second-order valence-electron chi connectivity index (χ2n) is 6.72. The maximum Gasteiger partial charge on any atom is 0.408 e. The Hall–Kier alpha value is -3.29. The molecule has 1 amide bonds. The van der Waals surface area contributed by atoms with Gasteiger partial charge in [0.25, 0.3) is 0 Å². The van der Waals surface area contributed by atoms with Crippen molar-refractivity contribution in [3.05, 3.63) is 59.9 Å². The Morgan fingerprint density at radius 2 is 2.00 bits per heavy atom. The number of hydrogen-bond donors (Lipinski definition) is 3. The lowest BCUT2D eigenvalue weighted by Gasteiger charge is -2.35. The average Bonchev–Trinajstić information content (AvgIpc) is 3.12. The van der Waals surface area contributed by atoms with Crippen molar-refractivity contribution < 1.29 is 23.8 Å². The summed E-state index contributed by atoms with van der Waals surface area (Å²) in [5.74, 6) is -1.10. The van der Waals surface area contributed by atoms with Crippen LogP contribution in [-0.4, -0.2) is 40.7 Å². The highest BCUT2D eigenvalue weighted by Crippen LogP contribution is 2.32. The lowest BCUT2D eigenvalue weighted by molar-refractivity contribution is -0.156. The zero-order valence-electron chi connectivity index (χ0n) is 15.2. The van der Waals surface area contributed by atoms with Crippen molar-refractivity contribution in [3.63, 3.8) is 0 Å². The molecule has 0 aromatic heterocycles. The van der Waals surface area contributed by atoms with Gasteiger partial charge in [-0.2, -0.15) is 0 Å². The molecule has 2 aromatic rings. The number of nitrogens with two attached hydrogens (primary N) is 1. The number of nitrogens with zero attached hydrogens (tertiary/aromatic N) is 1. The smallest absolute Gasteiger partial charge is 0.408 e. The second kappa shape index (κ2) is 8.16. The molecule has 1 saturated heterocycles. The van der Waals surface area contributed by atoms with E-state index in [0.29, 0.717) is 18.5 Å². The van der Waals surface area contributed by atoms with Crippen LogP contribution in [0.15, 0.2) is 48.5 Å². The number of hydrogen-bond acceptors (Lipinski definition) is 5. The Balaban J connectivity index is 1.79. The quantitative estimate of drug-likeness (QED) is 0.520. The molecule has 0 unspecified atom stereocenters. The van der Waals surface area contributed by atoms with Crippen molar-refractivity contribution in [2.45, 2.75) is 25.0 Å². The number of carboxylic acid groups (broad SMARTS) is 1. The summed E-state index contributed by atoms with van der Waals surface area (Å²) in [5.41, 5.74) is 5.84. The fourth-order valence-corrected chi connectivity index (χ4v) is 3.42. The first-order valence-corrected chi connectivity index (χ1v) is 8.93. The van der Waals surface area contributed by atoms with Gasteiger partial charge in [-0.25, -0.2) is 14.0 Å². The third kappa shape index (κ3) is 4.00. The molecule has 3 rings (SSSR count). The molecule has 1 atom stereocenters. The molecular formula is C20H22FN3O4. The molecule has 2 aromatic carbocycles. The summed E-state index contributed by atoms with van der Waals surface area (Å²) in [6.45, 7) is 0.257. The number of nitrogens with one attached hydrogen (secondary N) is 1. The Bertz CT molecular complexity index is 862. The molecule has 0 radical (unpaired) electrons. The van der Waals surface area contributed by atoms with Crippen LogP contribution >= 0.6 is 0 Å². The molecule has 4 N–H and O–H groups in total. The van der Waals surface area contributed by atoms with Crippen molar-refractivity contribution in [1.82, 2.24) is 4.90 Å². The molecule has 1 heterocycles. The van der Waals surface area contributed by atoms with Gasteiger partial charge >= 0.3 is 12.1 Å². The van der Waals surface area contributed by atoms with Crippen LogP contribution < -0.4 is 11.1 Å². The maximum absolute atomic E-state index is 13.3. The van der Waals surface area contributed by atoms with E-state index >= 15 is 0 Å². The Morgan fingerprint density at radius 1 is 1.25 bits per heavy atom. The number of esters is 1. The molecule has 1 aliphatic heterocycles. The third-order valence-electron chi connectivity index (χ3n) is 4.90. The highest BCUT2D eigenvalue weighted by Gasteiger charge is 2.51. The highest BCUT2D eigenvalue weighted by atomic mass is 19.1. The molecule has 0 aliphatic carbocycles. The van der Waals surface area contributed by atoms with Crippen molar-refractivity contribution in [3.8, 4) is 0 Å². The topological polar surface area (TPSA) is 105 Å². The van der Waals surface area contributed by atoms with Gasteiger partial charge in [0.15, 0.2) is 5.54 Å². The van der Waals surface area contributed by atoms with E-state index < -0.39 is 23.4 Å². The largest absolute Gasteiger partial charge is 0.465 e. The first-order chi connectivity index (χ1) is 13.4. The Kier molecular flexibility index (Phi) is 5.67. The predicted molar refractivity (Wildman–Crippen MR) is 102 cm³/mol. The standard InChI is InChI=1S/C20H22FN3O4/c21-15-7-8-17(16(22)11-15)23-13-20(9-4-10-24(20)19(26)27)18(25)28-12-14-5-2-1-3-6-14/h1-3,5-8,11,23H,4,9-10,12-13,22H2,(H,26,27)/t20-/m0/s1. The zero-order valence-corrected chi connectivity index (χ0v) is 15.2. The fourth-order valence-electron chi connectivity index (χ4n) is 3.42. The number of amides is 1. The van der Waals surface area contributed by atoms with E-state index in [1.807, 2.05) is 30.3 Å². The Labute approximate surface area is 161 Å². The van der Waals surface area contributed by atoms with Gasteiger partial charge in [-0.15, -0.1) is 0 Å².